The highest BCUT2D eigenvalue weighted by Gasteiger charge is 2.29. The molecule has 4 heterocycles. The first-order chi connectivity index (χ1) is 14.8. The summed E-state index contributed by atoms with van der Waals surface area (Å²) in [6.07, 6.45) is 7.76. The SMILES string of the molecule is O=C(Nc1sc2c(c1C(Nc1ccccn1)c1ccsc1)CCCC2)c1ccco1. The molecule has 0 aromatic carbocycles. The maximum atomic E-state index is 12.8. The maximum Gasteiger partial charge on any atom is 0.291 e. The van der Waals surface area contributed by atoms with E-state index in [1.807, 2.05) is 18.2 Å². The lowest BCUT2D eigenvalue weighted by molar-refractivity contribution is 0.0997. The predicted octanol–water partition coefficient (Wildman–Crippen LogP) is 6.13. The maximum absolute atomic E-state index is 12.8. The summed E-state index contributed by atoms with van der Waals surface area (Å²) in [5.41, 5.74) is 3.68. The van der Waals surface area contributed by atoms with Crippen molar-refractivity contribution < 1.29 is 9.21 Å². The number of furan rings is 1. The summed E-state index contributed by atoms with van der Waals surface area (Å²) >= 11 is 3.36. The number of fused-ring (bicyclic) bond motifs is 1. The minimum Gasteiger partial charge on any atom is -0.459 e. The Morgan fingerprint density at radius 1 is 1.13 bits per heavy atom. The lowest BCUT2D eigenvalue weighted by Gasteiger charge is -2.23. The second-order valence-corrected chi connectivity index (χ2v) is 9.12. The van der Waals surface area contributed by atoms with Gasteiger partial charge >= 0.3 is 0 Å². The normalized spacial score (nSPS) is 14.1. The Labute approximate surface area is 182 Å². The van der Waals surface area contributed by atoms with Gasteiger partial charge in [-0.3, -0.25) is 4.79 Å². The number of hydrogen-bond acceptors (Lipinski definition) is 6. The fourth-order valence-corrected chi connectivity index (χ4v) is 5.93. The number of rotatable bonds is 6. The average Bonchev–Trinajstić information content (AvgIpc) is 3.54. The lowest BCUT2D eigenvalue weighted by Crippen LogP contribution is -2.18. The third kappa shape index (κ3) is 3.78. The first kappa shape index (κ1) is 19.1. The molecule has 1 amide bonds. The van der Waals surface area contributed by atoms with Crippen LogP contribution in [0.3, 0.4) is 0 Å². The molecular formula is C23H21N3O2S2. The zero-order valence-electron chi connectivity index (χ0n) is 16.3. The number of aromatic nitrogens is 1. The summed E-state index contributed by atoms with van der Waals surface area (Å²) in [5, 5.41) is 11.9. The molecule has 1 unspecified atom stereocenters. The zero-order chi connectivity index (χ0) is 20.3. The van der Waals surface area contributed by atoms with Gasteiger partial charge in [-0.2, -0.15) is 11.3 Å². The molecule has 0 aliphatic heterocycles. The molecule has 1 aliphatic rings. The van der Waals surface area contributed by atoms with Crippen molar-refractivity contribution in [3.8, 4) is 0 Å². The van der Waals surface area contributed by atoms with Gasteiger partial charge in [0.05, 0.1) is 12.3 Å². The first-order valence-electron chi connectivity index (χ1n) is 9.98. The zero-order valence-corrected chi connectivity index (χ0v) is 17.9. The predicted molar refractivity (Wildman–Crippen MR) is 122 cm³/mol. The van der Waals surface area contributed by atoms with Gasteiger partial charge in [-0.05, 0) is 77.9 Å². The fraction of sp³-hybridized carbons (Fsp3) is 0.217. The van der Waals surface area contributed by atoms with Crippen LogP contribution >= 0.6 is 22.7 Å². The van der Waals surface area contributed by atoms with E-state index in [1.165, 1.54) is 35.1 Å². The van der Waals surface area contributed by atoms with Crippen molar-refractivity contribution in [2.45, 2.75) is 31.7 Å². The molecule has 7 heteroatoms. The van der Waals surface area contributed by atoms with Gasteiger partial charge in [0.2, 0.25) is 0 Å². The molecule has 0 saturated carbocycles. The Morgan fingerprint density at radius 2 is 2.07 bits per heavy atom. The van der Waals surface area contributed by atoms with E-state index in [9.17, 15) is 4.79 Å². The quantitative estimate of drug-likeness (QED) is 0.382. The smallest absolute Gasteiger partial charge is 0.291 e. The summed E-state index contributed by atoms with van der Waals surface area (Å²) < 4.78 is 5.31. The number of carbonyl (C=O) groups excluding carboxylic acids is 1. The number of aryl methyl sites for hydroxylation is 1. The highest BCUT2D eigenvalue weighted by atomic mass is 32.1. The van der Waals surface area contributed by atoms with E-state index in [0.29, 0.717) is 5.76 Å². The topological polar surface area (TPSA) is 67.2 Å². The number of carbonyl (C=O) groups is 1. The lowest BCUT2D eigenvalue weighted by atomic mass is 9.90. The van der Waals surface area contributed by atoms with Gasteiger partial charge < -0.3 is 15.1 Å². The summed E-state index contributed by atoms with van der Waals surface area (Å²) in [7, 11) is 0. The van der Waals surface area contributed by atoms with Crippen LogP contribution in [-0.4, -0.2) is 10.9 Å². The highest BCUT2D eigenvalue weighted by Crippen LogP contribution is 2.44. The second kappa shape index (κ2) is 8.45. The van der Waals surface area contributed by atoms with Crippen LogP contribution in [0.5, 0.6) is 0 Å². The van der Waals surface area contributed by atoms with Crippen LogP contribution in [0.1, 0.15) is 51.0 Å². The Hall–Kier alpha value is -2.90. The molecule has 5 nitrogen and oxygen atoms in total. The van der Waals surface area contributed by atoms with Gasteiger partial charge in [0, 0.05) is 16.6 Å². The van der Waals surface area contributed by atoms with Crippen molar-refractivity contribution in [2.24, 2.45) is 0 Å². The van der Waals surface area contributed by atoms with Crippen molar-refractivity contribution in [3.63, 3.8) is 0 Å². The van der Waals surface area contributed by atoms with Gasteiger partial charge in [-0.1, -0.05) is 6.07 Å². The largest absolute Gasteiger partial charge is 0.459 e. The third-order valence-electron chi connectivity index (χ3n) is 5.31. The van der Waals surface area contributed by atoms with Crippen molar-refractivity contribution in [1.82, 2.24) is 4.98 Å². The van der Waals surface area contributed by atoms with Crippen molar-refractivity contribution in [1.29, 1.82) is 0 Å². The number of nitrogens with zero attached hydrogens (tertiary/aromatic N) is 1. The van der Waals surface area contributed by atoms with Crippen molar-refractivity contribution in [3.05, 3.63) is 86.9 Å². The molecule has 4 aromatic rings. The minimum absolute atomic E-state index is 0.0869. The third-order valence-corrected chi connectivity index (χ3v) is 7.23. The molecular weight excluding hydrogens is 414 g/mol. The Morgan fingerprint density at radius 3 is 2.83 bits per heavy atom. The van der Waals surface area contributed by atoms with E-state index in [0.717, 1.165) is 29.2 Å². The number of amides is 1. The van der Waals surface area contributed by atoms with Gasteiger partial charge in [-0.25, -0.2) is 4.98 Å². The van der Waals surface area contributed by atoms with E-state index >= 15 is 0 Å². The van der Waals surface area contributed by atoms with E-state index in [4.69, 9.17) is 4.42 Å². The van der Waals surface area contributed by atoms with Crippen LogP contribution in [0.15, 0.2) is 64.0 Å². The van der Waals surface area contributed by atoms with Crippen LogP contribution in [0.2, 0.25) is 0 Å². The van der Waals surface area contributed by atoms with Crippen LogP contribution in [0, 0.1) is 0 Å². The van der Waals surface area contributed by atoms with Gasteiger partial charge in [0.15, 0.2) is 5.76 Å². The molecule has 1 atom stereocenters. The summed E-state index contributed by atoms with van der Waals surface area (Å²) in [4.78, 5) is 18.6. The van der Waals surface area contributed by atoms with E-state index in [-0.39, 0.29) is 11.9 Å². The van der Waals surface area contributed by atoms with Crippen LogP contribution < -0.4 is 10.6 Å². The van der Waals surface area contributed by atoms with Crippen molar-refractivity contribution >= 4 is 39.4 Å². The summed E-state index contributed by atoms with van der Waals surface area (Å²) in [6.45, 7) is 0. The standard InChI is InChI=1S/C23H21N3O2S2/c27-22(17-7-5-12-28-17)26-23-20(16-6-1-2-8-18(16)30-23)21(15-10-13-29-14-15)25-19-9-3-4-11-24-19/h3-5,7,9-14,21H,1-2,6,8H2,(H,24,25)(H,26,27). The van der Waals surface area contributed by atoms with Crippen molar-refractivity contribution in [2.75, 3.05) is 10.6 Å². The van der Waals surface area contributed by atoms with E-state index in [1.54, 1.807) is 41.0 Å². The number of anilines is 2. The molecule has 0 radical (unpaired) electrons. The Bertz CT molecular complexity index is 1120. The number of hydrogen-bond donors (Lipinski definition) is 2. The minimum atomic E-state index is -0.221. The highest BCUT2D eigenvalue weighted by molar-refractivity contribution is 7.16. The van der Waals surface area contributed by atoms with E-state index < -0.39 is 0 Å². The molecule has 30 heavy (non-hydrogen) atoms. The first-order valence-corrected chi connectivity index (χ1v) is 11.7. The Kier molecular flexibility index (Phi) is 5.38. The molecule has 1 aliphatic carbocycles. The average molecular weight is 436 g/mol. The molecule has 5 rings (SSSR count). The molecule has 152 valence electrons. The number of pyridine rings is 1. The molecule has 0 fully saturated rings. The molecule has 4 aromatic heterocycles. The molecule has 0 bridgehead atoms. The number of thiophene rings is 2. The van der Waals surface area contributed by atoms with Crippen LogP contribution in [-0.2, 0) is 12.8 Å². The summed E-state index contributed by atoms with van der Waals surface area (Å²) in [5.74, 6) is 0.909. The number of nitrogens with one attached hydrogen (secondary N) is 2. The second-order valence-electron chi connectivity index (χ2n) is 7.23. The molecule has 2 N–H and O–H groups in total. The molecule has 0 saturated heterocycles. The van der Waals surface area contributed by atoms with Crippen LogP contribution in [0.4, 0.5) is 10.8 Å². The van der Waals surface area contributed by atoms with E-state index in [2.05, 4.69) is 32.4 Å². The van der Waals surface area contributed by atoms with Gasteiger partial charge in [-0.15, -0.1) is 11.3 Å². The monoisotopic (exact) mass is 435 g/mol. The van der Waals surface area contributed by atoms with Gasteiger partial charge in [0.25, 0.3) is 5.91 Å². The fourth-order valence-electron chi connectivity index (χ4n) is 3.92. The Balaban J connectivity index is 1.58. The molecule has 0 spiro atoms. The van der Waals surface area contributed by atoms with Crippen LogP contribution in [0.25, 0.3) is 0 Å². The van der Waals surface area contributed by atoms with Gasteiger partial charge in [0.1, 0.15) is 10.8 Å². The summed E-state index contributed by atoms with van der Waals surface area (Å²) in [6, 6.07) is 11.3.